The summed E-state index contributed by atoms with van der Waals surface area (Å²) in [4.78, 5) is 22.7. The van der Waals surface area contributed by atoms with Gasteiger partial charge in [-0.2, -0.15) is 5.26 Å². The second-order valence-corrected chi connectivity index (χ2v) is 5.41. The third kappa shape index (κ3) is 5.05. The van der Waals surface area contributed by atoms with Gasteiger partial charge in [-0.15, -0.1) is 0 Å². The first kappa shape index (κ1) is 20.7. The number of carboxylic acids is 1. The van der Waals surface area contributed by atoms with Gasteiger partial charge in [0.25, 0.3) is 0 Å². The van der Waals surface area contributed by atoms with Crippen LogP contribution in [-0.4, -0.2) is 23.0 Å². The summed E-state index contributed by atoms with van der Waals surface area (Å²) in [5.41, 5.74) is -1.03. The number of carboxylic acid groups (broad SMARTS) is 1. The van der Waals surface area contributed by atoms with Crippen molar-refractivity contribution < 1.29 is 19.4 Å². The van der Waals surface area contributed by atoms with Crippen LogP contribution in [0.5, 0.6) is 5.75 Å². The van der Waals surface area contributed by atoms with Gasteiger partial charge in [0.2, 0.25) is 5.60 Å². The Morgan fingerprint density at radius 2 is 2.15 bits per heavy atom. The zero-order chi connectivity index (χ0) is 19.6. The number of hydrogen-bond donors (Lipinski definition) is 1. The van der Waals surface area contributed by atoms with Gasteiger partial charge in [0.15, 0.2) is 0 Å². The molecule has 0 spiro atoms. The smallest absolute Gasteiger partial charge is 0.337 e. The molecule has 0 heterocycles. The number of nitriles is 1. The second kappa shape index (κ2) is 9.80. The summed E-state index contributed by atoms with van der Waals surface area (Å²) < 4.78 is 5.84. The molecule has 0 aliphatic rings. The number of hydrogen-bond acceptors (Lipinski definition) is 4. The monoisotopic (exact) mass is 351 g/mol. The minimum atomic E-state index is -1.86. The van der Waals surface area contributed by atoms with Crippen molar-refractivity contribution in [2.45, 2.75) is 25.9 Å². The molecule has 1 rings (SSSR count). The van der Waals surface area contributed by atoms with E-state index in [1.165, 1.54) is 36.4 Å². The van der Waals surface area contributed by atoms with Gasteiger partial charge in [-0.1, -0.05) is 37.8 Å². The first-order valence-corrected chi connectivity index (χ1v) is 8.01. The topological polar surface area (TPSA) is 87.4 Å². The molecule has 1 atom stereocenters. The Morgan fingerprint density at radius 1 is 1.42 bits per heavy atom. The minimum Gasteiger partial charge on any atom is -0.478 e. The Bertz CT molecular complexity index is 812. The molecular weight excluding hydrogens is 330 g/mol. The molecule has 0 fully saturated rings. The van der Waals surface area contributed by atoms with E-state index in [-0.39, 0.29) is 5.57 Å². The van der Waals surface area contributed by atoms with E-state index in [1.54, 1.807) is 25.1 Å². The number of ether oxygens (including phenoxy) is 1. The molecule has 1 aromatic rings. The SMILES string of the molecule is C=C/C=C/[C@](C#N)(Oc1ccc(C=O)cc1C)/C(=C\C=C/CC)C(=O)O. The highest BCUT2D eigenvalue weighted by Gasteiger charge is 2.39. The van der Waals surface area contributed by atoms with Crippen LogP contribution >= 0.6 is 0 Å². The number of nitrogens with zero attached hydrogens (tertiary/aromatic N) is 1. The van der Waals surface area contributed by atoms with E-state index in [9.17, 15) is 20.0 Å². The molecule has 134 valence electrons. The summed E-state index contributed by atoms with van der Waals surface area (Å²) in [5, 5.41) is 19.4. The van der Waals surface area contributed by atoms with Crippen LogP contribution in [0.1, 0.15) is 29.3 Å². The molecule has 0 aromatic heterocycles. The Balaban J connectivity index is 3.53. The third-order valence-electron chi connectivity index (χ3n) is 3.50. The lowest BCUT2D eigenvalue weighted by molar-refractivity contribution is -0.133. The lowest BCUT2D eigenvalue weighted by Crippen LogP contribution is -2.38. The first-order valence-electron chi connectivity index (χ1n) is 8.01. The highest BCUT2D eigenvalue weighted by atomic mass is 16.5. The predicted octanol–water partition coefficient (Wildman–Crippen LogP) is 4.17. The molecule has 5 nitrogen and oxygen atoms in total. The van der Waals surface area contributed by atoms with Gasteiger partial charge >= 0.3 is 5.97 Å². The van der Waals surface area contributed by atoms with Gasteiger partial charge in [-0.3, -0.25) is 4.79 Å². The summed E-state index contributed by atoms with van der Waals surface area (Å²) in [6.45, 7) is 7.18. The van der Waals surface area contributed by atoms with Crippen LogP contribution in [0, 0.1) is 18.3 Å². The molecule has 0 saturated carbocycles. The molecule has 0 aliphatic carbocycles. The van der Waals surface area contributed by atoms with Crippen molar-refractivity contribution in [1.29, 1.82) is 5.26 Å². The largest absolute Gasteiger partial charge is 0.478 e. The zero-order valence-electron chi connectivity index (χ0n) is 14.8. The molecule has 0 unspecified atom stereocenters. The summed E-state index contributed by atoms with van der Waals surface area (Å²) in [7, 11) is 0. The quantitative estimate of drug-likeness (QED) is 0.410. The molecule has 1 aromatic carbocycles. The molecule has 0 saturated heterocycles. The van der Waals surface area contributed by atoms with E-state index in [2.05, 4.69) is 6.58 Å². The van der Waals surface area contributed by atoms with E-state index in [4.69, 9.17) is 4.74 Å². The van der Waals surface area contributed by atoms with Crippen molar-refractivity contribution in [1.82, 2.24) is 0 Å². The molecule has 0 aliphatic heterocycles. The lowest BCUT2D eigenvalue weighted by atomic mass is 9.93. The maximum absolute atomic E-state index is 11.8. The normalized spacial score (nSPS) is 14.0. The number of carbonyl (C=O) groups excluding carboxylic acids is 1. The number of carbonyl (C=O) groups is 2. The fourth-order valence-corrected chi connectivity index (χ4v) is 2.19. The highest BCUT2D eigenvalue weighted by Crippen LogP contribution is 2.30. The average molecular weight is 351 g/mol. The van der Waals surface area contributed by atoms with Crippen molar-refractivity contribution in [3.8, 4) is 11.8 Å². The second-order valence-electron chi connectivity index (χ2n) is 5.41. The number of rotatable bonds is 9. The summed E-state index contributed by atoms with van der Waals surface area (Å²) in [5.74, 6) is -0.972. The standard InChI is InChI=1S/C21H21NO4/c1-4-6-8-9-18(20(24)25)21(15-22,12-7-5-2)26-19-11-10-17(14-23)13-16(19)3/h5-14H,2,4H2,1,3H3,(H,24,25)/b8-6-,12-7+,18-9-/t21-/m1/s1. The number of aldehydes is 1. The lowest BCUT2D eigenvalue weighted by Gasteiger charge is -2.26. The van der Waals surface area contributed by atoms with E-state index < -0.39 is 11.6 Å². The van der Waals surface area contributed by atoms with Crippen LogP contribution in [0.3, 0.4) is 0 Å². The van der Waals surface area contributed by atoms with Crippen LogP contribution in [-0.2, 0) is 4.79 Å². The van der Waals surface area contributed by atoms with Gasteiger partial charge in [0.1, 0.15) is 18.1 Å². The molecule has 26 heavy (non-hydrogen) atoms. The number of benzene rings is 1. The summed E-state index contributed by atoms with van der Waals surface area (Å²) in [6.07, 6.45) is 10.3. The summed E-state index contributed by atoms with van der Waals surface area (Å²) >= 11 is 0. The molecule has 1 N–H and O–H groups in total. The van der Waals surface area contributed by atoms with Crippen molar-refractivity contribution in [2.75, 3.05) is 0 Å². The molecule has 0 radical (unpaired) electrons. The first-order chi connectivity index (χ1) is 12.4. The molecule has 0 bridgehead atoms. The molecule has 0 amide bonds. The zero-order valence-corrected chi connectivity index (χ0v) is 14.8. The van der Waals surface area contributed by atoms with Crippen molar-refractivity contribution >= 4 is 12.3 Å². The Morgan fingerprint density at radius 3 is 2.65 bits per heavy atom. The predicted molar refractivity (Wildman–Crippen MR) is 100 cm³/mol. The van der Waals surface area contributed by atoms with Crippen LogP contribution in [0.25, 0.3) is 0 Å². The Hall–Kier alpha value is -3.39. The van der Waals surface area contributed by atoms with Gasteiger partial charge in [0, 0.05) is 5.56 Å². The van der Waals surface area contributed by atoms with E-state index in [1.807, 2.05) is 13.0 Å². The average Bonchev–Trinajstić information content (AvgIpc) is 2.63. The number of aliphatic carboxylic acids is 1. The highest BCUT2D eigenvalue weighted by molar-refractivity contribution is 5.91. The van der Waals surface area contributed by atoms with E-state index >= 15 is 0 Å². The van der Waals surface area contributed by atoms with Crippen LogP contribution in [0.4, 0.5) is 0 Å². The van der Waals surface area contributed by atoms with E-state index in [0.29, 0.717) is 23.2 Å². The fourth-order valence-electron chi connectivity index (χ4n) is 2.19. The Labute approximate surface area is 153 Å². The van der Waals surface area contributed by atoms with Gasteiger partial charge in [0.05, 0.1) is 5.57 Å². The Kier molecular flexibility index (Phi) is 7.78. The number of allylic oxidation sites excluding steroid dienone is 5. The van der Waals surface area contributed by atoms with Crippen molar-refractivity contribution in [3.05, 3.63) is 77.9 Å². The van der Waals surface area contributed by atoms with Crippen LogP contribution in [0.15, 0.2) is 66.8 Å². The number of aryl methyl sites for hydroxylation is 1. The third-order valence-corrected chi connectivity index (χ3v) is 3.50. The fraction of sp³-hybridized carbons (Fsp3) is 0.190. The maximum Gasteiger partial charge on any atom is 0.337 e. The van der Waals surface area contributed by atoms with Crippen molar-refractivity contribution in [2.24, 2.45) is 0 Å². The molecular formula is C21H21NO4. The van der Waals surface area contributed by atoms with E-state index in [0.717, 1.165) is 6.42 Å². The van der Waals surface area contributed by atoms with Gasteiger partial charge in [-0.05, 0) is 49.3 Å². The minimum absolute atomic E-state index is 0.235. The van der Waals surface area contributed by atoms with Crippen LogP contribution < -0.4 is 4.74 Å². The van der Waals surface area contributed by atoms with Crippen LogP contribution in [0.2, 0.25) is 0 Å². The summed E-state index contributed by atoms with van der Waals surface area (Å²) in [6, 6.07) is 6.63. The van der Waals surface area contributed by atoms with Crippen molar-refractivity contribution in [3.63, 3.8) is 0 Å². The van der Waals surface area contributed by atoms with Gasteiger partial charge < -0.3 is 9.84 Å². The van der Waals surface area contributed by atoms with Gasteiger partial charge in [-0.25, -0.2) is 4.79 Å². The molecule has 5 heteroatoms. The maximum atomic E-state index is 11.8.